The molecule has 1 aromatic rings. The minimum absolute atomic E-state index is 0.0115. The van der Waals surface area contributed by atoms with Gasteiger partial charge in [0.1, 0.15) is 0 Å². The fourth-order valence-electron chi connectivity index (χ4n) is 3.54. The van der Waals surface area contributed by atoms with Gasteiger partial charge in [-0.2, -0.15) is 0 Å². The van der Waals surface area contributed by atoms with Gasteiger partial charge in [-0.25, -0.2) is 0 Å². The molecule has 130 valence electrons. The highest BCUT2D eigenvalue weighted by atomic mass is 16.2. The third-order valence-electron chi connectivity index (χ3n) is 5.16. The number of nitrogens with one attached hydrogen (secondary N) is 2. The van der Waals surface area contributed by atoms with E-state index in [2.05, 4.69) is 22.5 Å². The Morgan fingerprint density at radius 1 is 1.29 bits per heavy atom. The molecule has 2 fully saturated rings. The molecule has 24 heavy (non-hydrogen) atoms. The van der Waals surface area contributed by atoms with Crippen LogP contribution in [0, 0.1) is 11.8 Å². The number of nitrogens with zero attached hydrogens (tertiary/aromatic N) is 2. The van der Waals surface area contributed by atoms with Crippen molar-refractivity contribution in [3.8, 4) is 0 Å². The minimum atomic E-state index is -0.112. The summed E-state index contributed by atoms with van der Waals surface area (Å²) in [7, 11) is 0. The molecular weight excluding hydrogens is 304 g/mol. The van der Waals surface area contributed by atoms with Gasteiger partial charge in [0.25, 0.3) is 5.91 Å². The van der Waals surface area contributed by atoms with Gasteiger partial charge in [0, 0.05) is 43.6 Å². The molecule has 0 radical (unpaired) electrons. The van der Waals surface area contributed by atoms with Gasteiger partial charge in [0.2, 0.25) is 5.91 Å². The maximum Gasteiger partial charge on any atom is 0.253 e. The number of pyridine rings is 1. The first-order chi connectivity index (χ1) is 11.6. The molecule has 6 heteroatoms. The van der Waals surface area contributed by atoms with E-state index in [1.54, 1.807) is 29.4 Å². The number of aromatic nitrogens is 1. The van der Waals surface area contributed by atoms with E-state index in [0.717, 1.165) is 32.4 Å². The maximum absolute atomic E-state index is 12.6. The smallest absolute Gasteiger partial charge is 0.253 e. The Morgan fingerprint density at radius 3 is 2.83 bits per heavy atom. The van der Waals surface area contributed by atoms with E-state index in [0.29, 0.717) is 24.6 Å². The summed E-state index contributed by atoms with van der Waals surface area (Å²) in [4.78, 5) is 30.9. The van der Waals surface area contributed by atoms with Crippen molar-refractivity contribution >= 4 is 11.8 Å². The molecule has 6 nitrogen and oxygen atoms in total. The molecule has 3 unspecified atom stereocenters. The van der Waals surface area contributed by atoms with Crippen molar-refractivity contribution in [2.45, 2.75) is 32.2 Å². The molecule has 0 bridgehead atoms. The van der Waals surface area contributed by atoms with Gasteiger partial charge in [-0.1, -0.05) is 6.92 Å². The second-order valence-corrected chi connectivity index (χ2v) is 6.91. The summed E-state index contributed by atoms with van der Waals surface area (Å²) in [6.45, 7) is 5.25. The summed E-state index contributed by atoms with van der Waals surface area (Å²) in [5.41, 5.74) is 0.635. The zero-order valence-electron chi connectivity index (χ0n) is 14.2. The molecule has 3 heterocycles. The van der Waals surface area contributed by atoms with Crippen LogP contribution in [0.1, 0.15) is 36.5 Å². The molecule has 0 aliphatic carbocycles. The van der Waals surface area contributed by atoms with E-state index in [4.69, 9.17) is 0 Å². The van der Waals surface area contributed by atoms with Crippen LogP contribution in [-0.4, -0.2) is 53.9 Å². The van der Waals surface area contributed by atoms with Crippen molar-refractivity contribution in [2.75, 3.05) is 26.2 Å². The van der Waals surface area contributed by atoms with E-state index < -0.39 is 0 Å². The number of hydrogen-bond donors (Lipinski definition) is 2. The summed E-state index contributed by atoms with van der Waals surface area (Å²) >= 11 is 0. The monoisotopic (exact) mass is 330 g/mol. The summed E-state index contributed by atoms with van der Waals surface area (Å²) < 4.78 is 0. The van der Waals surface area contributed by atoms with Crippen LogP contribution >= 0.6 is 0 Å². The fourth-order valence-corrected chi connectivity index (χ4v) is 3.54. The summed E-state index contributed by atoms with van der Waals surface area (Å²) in [5.74, 6) is 0.456. The van der Waals surface area contributed by atoms with Gasteiger partial charge in [-0.05, 0) is 43.9 Å². The maximum atomic E-state index is 12.6. The number of rotatable bonds is 3. The second kappa shape index (κ2) is 7.75. The topological polar surface area (TPSA) is 74.3 Å². The van der Waals surface area contributed by atoms with Crippen molar-refractivity contribution in [3.05, 3.63) is 30.1 Å². The normalized spacial score (nSPS) is 27.5. The molecule has 0 spiro atoms. The predicted molar refractivity (Wildman–Crippen MR) is 91.4 cm³/mol. The fraction of sp³-hybridized carbons (Fsp3) is 0.611. The van der Waals surface area contributed by atoms with Gasteiger partial charge >= 0.3 is 0 Å². The Morgan fingerprint density at radius 2 is 2.08 bits per heavy atom. The Bertz CT molecular complexity index is 578. The van der Waals surface area contributed by atoms with Crippen molar-refractivity contribution in [1.29, 1.82) is 0 Å². The third-order valence-corrected chi connectivity index (χ3v) is 5.16. The van der Waals surface area contributed by atoms with Gasteiger partial charge in [-0.3, -0.25) is 14.6 Å². The molecule has 2 aliphatic rings. The van der Waals surface area contributed by atoms with Crippen LogP contribution in [0.3, 0.4) is 0 Å². The Hall–Kier alpha value is -1.95. The lowest BCUT2D eigenvalue weighted by molar-refractivity contribution is -0.127. The lowest BCUT2D eigenvalue weighted by Gasteiger charge is -2.35. The number of piperidine rings is 2. The second-order valence-electron chi connectivity index (χ2n) is 6.91. The van der Waals surface area contributed by atoms with E-state index in [9.17, 15) is 9.59 Å². The van der Waals surface area contributed by atoms with Crippen LogP contribution in [0.2, 0.25) is 0 Å². The molecule has 0 saturated carbocycles. The standard InChI is InChI=1S/C18H26N4O2/c1-13-4-7-20-11-16(13)21-17(23)15-3-2-10-22(12-15)18(24)14-5-8-19-9-6-14/h5-6,8-9,13,15-16,20H,2-4,7,10-12H2,1H3,(H,21,23). The van der Waals surface area contributed by atoms with Gasteiger partial charge in [-0.15, -0.1) is 0 Å². The lowest BCUT2D eigenvalue weighted by Crippen LogP contribution is -2.53. The molecule has 3 rings (SSSR count). The van der Waals surface area contributed by atoms with Crippen LogP contribution in [-0.2, 0) is 4.79 Å². The summed E-state index contributed by atoms with van der Waals surface area (Å²) in [6, 6.07) is 3.64. The van der Waals surface area contributed by atoms with Crippen LogP contribution in [0.25, 0.3) is 0 Å². The SMILES string of the molecule is CC1CCNCC1NC(=O)C1CCCN(C(=O)c2ccncc2)C1. The van der Waals surface area contributed by atoms with Crippen molar-refractivity contribution < 1.29 is 9.59 Å². The molecule has 2 amide bonds. The number of amides is 2. The Labute approximate surface area is 143 Å². The highest BCUT2D eigenvalue weighted by Crippen LogP contribution is 2.20. The predicted octanol–water partition coefficient (Wildman–Crippen LogP) is 1.05. The summed E-state index contributed by atoms with van der Waals surface area (Å²) in [6.07, 6.45) is 6.05. The highest BCUT2D eigenvalue weighted by Gasteiger charge is 2.31. The average molecular weight is 330 g/mol. The Kier molecular flexibility index (Phi) is 5.45. The van der Waals surface area contributed by atoms with Crippen LogP contribution in [0.5, 0.6) is 0 Å². The number of carbonyl (C=O) groups excluding carboxylic acids is 2. The largest absolute Gasteiger partial charge is 0.352 e. The number of likely N-dealkylation sites (tertiary alicyclic amines) is 1. The lowest BCUT2D eigenvalue weighted by atomic mass is 9.92. The molecular formula is C18H26N4O2. The van der Waals surface area contributed by atoms with Gasteiger partial charge in [0.05, 0.1) is 5.92 Å². The van der Waals surface area contributed by atoms with Gasteiger partial charge in [0.15, 0.2) is 0 Å². The highest BCUT2D eigenvalue weighted by molar-refractivity contribution is 5.94. The third kappa shape index (κ3) is 3.93. The number of hydrogen-bond acceptors (Lipinski definition) is 4. The van der Waals surface area contributed by atoms with E-state index in [1.807, 2.05) is 0 Å². The first-order valence-corrected chi connectivity index (χ1v) is 8.85. The van der Waals surface area contributed by atoms with E-state index in [1.165, 1.54) is 0 Å². The first kappa shape index (κ1) is 16.9. The molecule has 0 aromatic carbocycles. The zero-order valence-corrected chi connectivity index (χ0v) is 14.2. The minimum Gasteiger partial charge on any atom is -0.352 e. The van der Waals surface area contributed by atoms with Gasteiger partial charge < -0.3 is 15.5 Å². The van der Waals surface area contributed by atoms with Crippen LogP contribution in [0.4, 0.5) is 0 Å². The number of carbonyl (C=O) groups is 2. The average Bonchev–Trinajstić information content (AvgIpc) is 2.64. The molecule has 2 N–H and O–H groups in total. The van der Waals surface area contributed by atoms with Crippen molar-refractivity contribution in [2.24, 2.45) is 11.8 Å². The molecule has 3 atom stereocenters. The van der Waals surface area contributed by atoms with E-state index >= 15 is 0 Å². The van der Waals surface area contributed by atoms with Crippen molar-refractivity contribution in [1.82, 2.24) is 20.5 Å². The molecule has 2 aliphatic heterocycles. The zero-order chi connectivity index (χ0) is 16.9. The van der Waals surface area contributed by atoms with Crippen molar-refractivity contribution in [3.63, 3.8) is 0 Å². The Balaban J connectivity index is 1.58. The molecule has 1 aromatic heterocycles. The summed E-state index contributed by atoms with van der Waals surface area (Å²) in [5, 5.41) is 6.53. The quantitative estimate of drug-likeness (QED) is 0.869. The van der Waals surface area contributed by atoms with Crippen LogP contribution in [0.15, 0.2) is 24.5 Å². The van der Waals surface area contributed by atoms with E-state index in [-0.39, 0.29) is 23.8 Å². The van der Waals surface area contributed by atoms with Crippen LogP contribution < -0.4 is 10.6 Å². The molecule has 2 saturated heterocycles. The first-order valence-electron chi connectivity index (χ1n) is 8.85.